The van der Waals surface area contributed by atoms with Gasteiger partial charge in [-0.25, -0.2) is 4.98 Å². The molecule has 0 bridgehead atoms. The Bertz CT molecular complexity index is 747. The molecule has 1 aromatic carbocycles. The van der Waals surface area contributed by atoms with Gasteiger partial charge >= 0.3 is 6.18 Å². The van der Waals surface area contributed by atoms with Gasteiger partial charge in [-0.15, -0.1) is 11.3 Å². The van der Waals surface area contributed by atoms with Crippen molar-refractivity contribution in [1.82, 2.24) is 10.3 Å². The van der Waals surface area contributed by atoms with Crippen molar-refractivity contribution in [3.8, 4) is 0 Å². The summed E-state index contributed by atoms with van der Waals surface area (Å²) < 4.78 is 38.6. The molecule has 1 unspecified atom stereocenters. The first-order valence-corrected chi connectivity index (χ1v) is 10.2. The highest BCUT2D eigenvalue weighted by molar-refractivity contribution is 7.11. The summed E-state index contributed by atoms with van der Waals surface area (Å²) in [7, 11) is 0. The van der Waals surface area contributed by atoms with Gasteiger partial charge in [0.25, 0.3) is 0 Å². The largest absolute Gasteiger partial charge is 0.416 e. The molecule has 1 atom stereocenters. The van der Waals surface area contributed by atoms with E-state index in [0.717, 1.165) is 42.8 Å². The van der Waals surface area contributed by atoms with E-state index in [0.29, 0.717) is 6.54 Å². The second kappa shape index (κ2) is 8.29. The van der Waals surface area contributed by atoms with E-state index in [1.54, 1.807) is 11.3 Å². The van der Waals surface area contributed by atoms with Crippen LogP contribution in [0, 0.1) is 0 Å². The molecule has 0 amide bonds. The Morgan fingerprint density at radius 2 is 1.93 bits per heavy atom. The van der Waals surface area contributed by atoms with Gasteiger partial charge in [-0.2, -0.15) is 13.2 Å². The number of benzene rings is 1. The van der Waals surface area contributed by atoms with Crippen LogP contribution in [0.4, 0.5) is 13.2 Å². The molecule has 3 nitrogen and oxygen atoms in total. The van der Waals surface area contributed by atoms with Crippen LogP contribution in [0.15, 0.2) is 24.3 Å². The molecule has 0 aliphatic heterocycles. The molecule has 0 saturated heterocycles. The summed E-state index contributed by atoms with van der Waals surface area (Å²) in [6.45, 7) is 2.41. The number of nitrogens with zero attached hydrogens (tertiary/aromatic N) is 1. The Balaban J connectivity index is 1.47. The SMILES string of the molecule is CC(O)(CNCCCc1nc2c(s1)CCCC2)c1cccc(C(F)(F)F)c1. The molecule has 2 aromatic rings. The number of aromatic nitrogens is 1. The van der Waals surface area contributed by atoms with E-state index >= 15 is 0 Å². The molecule has 0 saturated carbocycles. The minimum atomic E-state index is -4.41. The minimum Gasteiger partial charge on any atom is -0.384 e. The molecule has 0 radical (unpaired) electrons. The molecule has 148 valence electrons. The zero-order chi connectivity index (χ0) is 19.5. The summed E-state index contributed by atoms with van der Waals surface area (Å²) in [5.41, 5.74) is -0.575. The average Bonchev–Trinajstić information content (AvgIpc) is 3.03. The normalized spacial score (nSPS) is 16.8. The zero-order valence-corrected chi connectivity index (χ0v) is 16.2. The molecule has 3 rings (SSSR count). The Kier molecular flexibility index (Phi) is 6.23. The maximum absolute atomic E-state index is 12.9. The van der Waals surface area contributed by atoms with Crippen LogP contribution < -0.4 is 5.32 Å². The number of fused-ring (bicyclic) bond motifs is 1. The van der Waals surface area contributed by atoms with Crippen molar-refractivity contribution in [2.75, 3.05) is 13.1 Å². The van der Waals surface area contributed by atoms with Gasteiger partial charge < -0.3 is 10.4 Å². The van der Waals surface area contributed by atoms with E-state index in [1.165, 1.54) is 42.5 Å². The lowest BCUT2D eigenvalue weighted by molar-refractivity contribution is -0.137. The highest BCUT2D eigenvalue weighted by Gasteiger charge is 2.32. The molecular weight excluding hydrogens is 373 g/mol. The van der Waals surface area contributed by atoms with Gasteiger partial charge in [-0.05, 0) is 63.3 Å². The summed E-state index contributed by atoms with van der Waals surface area (Å²) in [5.74, 6) is 0. The van der Waals surface area contributed by atoms with Crippen molar-refractivity contribution in [2.24, 2.45) is 0 Å². The van der Waals surface area contributed by atoms with Gasteiger partial charge in [-0.1, -0.05) is 12.1 Å². The fourth-order valence-electron chi connectivity index (χ4n) is 3.34. The van der Waals surface area contributed by atoms with E-state index in [4.69, 9.17) is 4.98 Å². The lowest BCUT2D eigenvalue weighted by Gasteiger charge is -2.25. The molecule has 1 aliphatic rings. The fourth-order valence-corrected chi connectivity index (χ4v) is 4.54. The summed E-state index contributed by atoms with van der Waals surface area (Å²) in [5, 5.41) is 14.9. The molecule has 1 aliphatic carbocycles. The number of nitrogens with one attached hydrogen (secondary N) is 1. The van der Waals surface area contributed by atoms with Crippen molar-refractivity contribution >= 4 is 11.3 Å². The van der Waals surface area contributed by atoms with Gasteiger partial charge in [0.1, 0.15) is 0 Å². The highest BCUT2D eigenvalue weighted by Crippen LogP contribution is 2.32. The Labute approximate surface area is 161 Å². The van der Waals surface area contributed by atoms with Crippen LogP contribution in [0.25, 0.3) is 0 Å². The molecule has 27 heavy (non-hydrogen) atoms. The topological polar surface area (TPSA) is 45.1 Å². The van der Waals surface area contributed by atoms with Gasteiger partial charge in [0.05, 0.1) is 21.9 Å². The van der Waals surface area contributed by atoms with Gasteiger partial charge in [0.15, 0.2) is 0 Å². The van der Waals surface area contributed by atoms with Crippen molar-refractivity contribution in [3.63, 3.8) is 0 Å². The zero-order valence-electron chi connectivity index (χ0n) is 15.4. The third-order valence-electron chi connectivity index (χ3n) is 4.92. The van der Waals surface area contributed by atoms with Crippen LogP contribution >= 0.6 is 11.3 Å². The number of halogens is 3. The Morgan fingerprint density at radius 3 is 2.67 bits per heavy atom. The molecule has 1 aromatic heterocycles. The van der Waals surface area contributed by atoms with E-state index in [9.17, 15) is 18.3 Å². The monoisotopic (exact) mass is 398 g/mol. The first-order valence-electron chi connectivity index (χ1n) is 9.34. The summed E-state index contributed by atoms with van der Waals surface area (Å²) >= 11 is 1.80. The molecule has 7 heteroatoms. The number of aryl methyl sites for hydroxylation is 3. The Hall–Kier alpha value is -1.44. The maximum Gasteiger partial charge on any atom is 0.416 e. The molecule has 2 N–H and O–H groups in total. The predicted molar refractivity (Wildman–Crippen MR) is 101 cm³/mol. The van der Waals surface area contributed by atoms with E-state index < -0.39 is 17.3 Å². The molecule has 0 spiro atoms. The van der Waals surface area contributed by atoms with Crippen LogP contribution in [0.3, 0.4) is 0 Å². The lowest BCUT2D eigenvalue weighted by Crippen LogP contribution is -2.36. The van der Waals surface area contributed by atoms with E-state index in [2.05, 4.69) is 5.32 Å². The van der Waals surface area contributed by atoms with Crippen molar-refractivity contribution < 1.29 is 18.3 Å². The maximum atomic E-state index is 12.9. The third kappa shape index (κ3) is 5.30. The standard InChI is InChI=1S/C20H25F3N2OS/c1-19(26,14-6-4-7-15(12-14)20(21,22)23)13-24-11-5-10-18-25-16-8-2-3-9-17(16)27-18/h4,6-7,12,24,26H,2-3,5,8-11,13H2,1H3. The quantitative estimate of drug-likeness (QED) is 0.677. The van der Waals surface area contributed by atoms with Gasteiger partial charge in [-0.3, -0.25) is 0 Å². The van der Waals surface area contributed by atoms with Crippen molar-refractivity contribution in [3.05, 3.63) is 51.0 Å². The minimum absolute atomic E-state index is 0.197. The van der Waals surface area contributed by atoms with Crippen LogP contribution in [-0.2, 0) is 31.0 Å². The number of rotatable bonds is 7. The number of alkyl halides is 3. The van der Waals surface area contributed by atoms with Gasteiger partial charge in [0.2, 0.25) is 0 Å². The van der Waals surface area contributed by atoms with Crippen LogP contribution in [0.1, 0.15) is 52.9 Å². The lowest BCUT2D eigenvalue weighted by atomic mass is 9.94. The second-order valence-corrected chi connectivity index (χ2v) is 8.49. The predicted octanol–water partition coefficient (Wildman–Crippen LogP) is 4.47. The van der Waals surface area contributed by atoms with Crippen LogP contribution in [0.5, 0.6) is 0 Å². The second-order valence-electron chi connectivity index (χ2n) is 7.32. The average molecular weight is 398 g/mol. The first kappa shape index (κ1) is 20.3. The van der Waals surface area contributed by atoms with E-state index in [-0.39, 0.29) is 12.1 Å². The fraction of sp³-hybridized carbons (Fsp3) is 0.550. The highest BCUT2D eigenvalue weighted by atomic mass is 32.1. The smallest absolute Gasteiger partial charge is 0.384 e. The number of aliphatic hydroxyl groups is 1. The van der Waals surface area contributed by atoms with Crippen molar-refractivity contribution in [1.29, 1.82) is 0 Å². The number of thiazole rings is 1. The first-order chi connectivity index (χ1) is 12.8. The van der Waals surface area contributed by atoms with Crippen molar-refractivity contribution in [2.45, 2.75) is 57.2 Å². The summed E-state index contributed by atoms with van der Waals surface area (Å²) in [4.78, 5) is 6.14. The van der Waals surface area contributed by atoms with Crippen LogP contribution in [0.2, 0.25) is 0 Å². The van der Waals surface area contributed by atoms with Gasteiger partial charge in [0, 0.05) is 17.8 Å². The number of hydrogen-bond acceptors (Lipinski definition) is 4. The summed E-state index contributed by atoms with van der Waals surface area (Å²) in [6, 6.07) is 4.89. The third-order valence-corrected chi connectivity index (χ3v) is 6.13. The molecular formula is C20H25F3N2OS. The number of hydrogen-bond donors (Lipinski definition) is 2. The molecule has 0 fully saturated rings. The molecule has 1 heterocycles. The summed E-state index contributed by atoms with van der Waals surface area (Å²) in [6.07, 6.45) is 2.06. The Morgan fingerprint density at radius 1 is 1.19 bits per heavy atom. The van der Waals surface area contributed by atoms with Crippen LogP contribution in [-0.4, -0.2) is 23.2 Å². The van der Waals surface area contributed by atoms with E-state index in [1.807, 2.05) is 0 Å².